The van der Waals surface area contributed by atoms with Crippen LogP contribution < -0.4 is 10.0 Å². The lowest BCUT2D eigenvalue weighted by atomic mass is 9.99. The number of nitrogens with zero attached hydrogens (tertiary/aromatic N) is 1. The van der Waals surface area contributed by atoms with Gasteiger partial charge in [-0.3, -0.25) is 4.79 Å². The van der Waals surface area contributed by atoms with Crippen molar-refractivity contribution in [2.75, 3.05) is 20.2 Å². The molecule has 2 fully saturated rings. The zero-order chi connectivity index (χ0) is 18.0. The van der Waals surface area contributed by atoms with E-state index in [1.54, 1.807) is 0 Å². The van der Waals surface area contributed by atoms with Gasteiger partial charge in [-0.25, -0.2) is 4.39 Å². The van der Waals surface area contributed by atoms with Crippen LogP contribution in [0.5, 0.6) is 0 Å². The molecule has 0 spiro atoms. The van der Waals surface area contributed by atoms with Crippen LogP contribution in [0.15, 0.2) is 24.3 Å². The van der Waals surface area contributed by atoms with E-state index in [1.165, 1.54) is 31.3 Å². The molecule has 1 amide bonds. The minimum atomic E-state index is -3.80. The van der Waals surface area contributed by atoms with E-state index < -0.39 is 28.1 Å². The molecule has 0 aliphatic carbocycles. The number of halogens is 1. The molecule has 1 aromatic rings. The molecule has 3 atom stereocenters. The summed E-state index contributed by atoms with van der Waals surface area (Å²) in [5.74, 6) is -0.749. The molecule has 1 aromatic carbocycles. The minimum Gasteiger partial charge on any atom is -0.376 e. The summed E-state index contributed by atoms with van der Waals surface area (Å²) >= 11 is 0. The van der Waals surface area contributed by atoms with E-state index in [1.807, 2.05) is 0 Å². The highest BCUT2D eigenvalue weighted by atomic mass is 32.2. The molecular formula is C16H22FN3O4S. The number of ether oxygens (including phenoxy) is 1. The number of hydrogen-bond acceptors (Lipinski definition) is 4. The summed E-state index contributed by atoms with van der Waals surface area (Å²) in [5, 5.41) is 2.79. The quantitative estimate of drug-likeness (QED) is 0.816. The number of amides is 1. The second-order valence-electron chi connectivity index (χ2n) is 6.37. The third-order valence-electron chi connectivity index (χ3n) is 4.67. The standard InChI is InChI=1S/C16H22FN3O4S/c1-20-15(16(21)18-10-13-3-2-8-24-13)9-14(19-25(20,22)23)11-4-6-12(17)7-5-11/h4-7,13-15,19H,2-3,8-10H2,1H3,(H,18,21)/t13-,14-,15+/m0/s1. The van der Waals surface area contributed by atoms with Crippen LogP contribution in [0.2, 0.25) is 0 Å². The topological polar surface area (TPSA) is 87.7 Å². The van der Waals surface area contributed by atoms with Crippen molar-refractivity contribution in [3.05, 3.63) is 35.6 Å². The van der Waals surface area contributed by atoms with Gasteiger partial charge in [0.15, 0.2) is 0 Å². The number of nitrogens with one attached hydrogen (secondary N) is 2. The van der Waals surface area contributed by atoms with Crippen molar-refractivity contribution >= 4 is 16.1 Å². The van der Waals surface area contributed by atoms with E-state index in [9.17, 15) is 17.6 Å². The Kier molecular flexibility index (Phi) is 5.38. The second kappa shape index (κ2) is 7.36. The molecule has 0 unspecified atom stereocenters. The van der Waals surface area contributed by atoms with Crippen molar-refractivity contribution in [2.45, 2.75) is 37.5 Å². The Morgan fingerprint density at radius 3 is 2.76 bits per heavy atom. The monoisotopic (exact) mass is 371 g/mol. The molecule has 2 aliphatic rings. The summed E-state index contributed by atoms with van der Waals surface area (Å²) in [4.78, 5) is 12.5. The van der Waals surface area contributed by atoms with Crippen LogP contribution in [0, 0.1) is 5.82 Å². The van der Waals surface area contributed by atoms with E-state index in [-0.39, 0.29) is 18.4 Å². The SMILES string of the molecule is CN1[C@@H](C(=O)NC[C@@H]2CCCO2)C[C@@H](c2ccc(F)cc2)NS1(=O)=O. The van der Waals surface area contributed by atoms with Crippen molar-refractivity contribution in [3.8, 4) is 0 Å². The van der Waals surface area contributed by atoms with Crippen LogP contribution in [0.1, 0.15) is 30.9 Å². The lowest BCUT2D eigenvalue weighted by molar-refractivity contribution is -0.125. The molecule has 25 heavy (non-hydrogen) atoms. The van der Waals surface area contributed by atoms with Gasteiger partial charge in [0.1, 0.15) is 11.9 Å². The van der Waals surface area contributed by atoms with Crippen LogP contribution in [0.3, 0.4) is 0 Å². The van der Waals surface area contributed by atoms with Crippen molar-refractivity contribution in [2.24, 2.45) is 0 Å². The second-order valence-corrected chi connectivity index (χ2v) is 8.14. The van der Waals surface area contributed by atoms with Crippen LogP contribution >= 0.6 is 0 Å². The summed E-state index contributed by atoms with van der Waals surface area (Å²) in [7, 11) is -2.43. The predicted molar refractivity (Wildman–Crippen MR) is 89.3 cm³/mol. The lowest BCUT2D eigenvalue weighted by Crippen LogP contribution is -2.57. The van der Waals surface area contributed by atoms with Gasteiger partial charge in [-0.1, -0.05) is 12.1 Å². The van der Waals surface area contributed by atoms with Crippen LogP contribution in [0.25, 0.3) is 0 Å². The first-order valence-corrected chi connectivity index (χ1v) is 9.71. The molecule has 2 saturated heterocycles. The number of hydrogen-bond donors (Lipinski definition) is 2. The normalized spacial score (nSPS) is 29.4. The highest BCUT2D eigenvalue weighted by Gasteiger charge is 2.40. The van der Waals surface area contributed by atoms with E-state index in [0.29, 0.717) is 18.7 Å². The summed E-state index contributed by atoms with van der Waals surface area (Å²) in [6, 6.07) is 4.18. The molecule has 0 aromatic heterocycles. The van der Waals surface area contributed by atoms with Crippen molar-refractivity contribution < 1.29 is 22.3 Å². The Morgan fingerprint density at radius 2 is 2.12 bits per heavy atom. The molecule has 2 N–H and O–H groups in total. The molecule has 2 aliphatic heterocycles. The zero-order valence-corrected chi connectivity index (χ0v) is 14.8. The molecule has 0 bridgehead atoms. The average molecular weight is 371 g/mol. The highest BCUT2D eigenvalue weighted by Crippen LogP contribution is 2.28. The summed E-state index contributed by atoms with van der Waals surface area (Å²) in [6.07, 6.45) is 2.10. The van der Waals surface area contributed by atoms with Crippen molar-refractivity contribution in [3.63, 3.8) is 0 Å². The van der Waals surface area contributed by atoms with E-state index in [4.69, 9.17) is 4.74 Å². The number of likely N-dealkylation sites (N-methyl/N-ethyl adjacent to an activating group) is 1. The van der Waals surface area contributed by atoms with Gasteiger partial charge >= 0.3 is 0 Å². The number of carbonyl (C=O) groups excluding carboxylic acids is 1. The summed E-state index contributed by atoms with van der Waals surface area (Å²) in [6.45, 7) is 1.06. The van der Waals surface area contributed by atoms with Gasteiger partial charge in [0.25, 0.3) is 10.2 Å². The maximum Gasteiger partial charge on any atom is 0.280 e. The Bertz CT molecular complexity index is 719. The van der Waals surface area contributed by atoms with Gasteiger partial charge in [-0.05, 0) is 37.0 Å². The third kappa shape index (κ3) is 4.17. The first kappa shape index (κ1) is 18.2. The number of carbonyl (C=O) groups is 1. The third-order valence-corrected chi connectivity index (χ3v) is 6.27. The molecule has 0 radical (unpaired) electrons. The minimum absolute atomic E-state index is 0.0134. The Hall–Kier alpha value is -1.55. The van der Waals surface area contributed by atoms with E-state index >= 15 is 0 Å². The highest BCUT2D eigenvalue weighted by molar-refractivity contribution is 7.87. The smallest absolute Gasteiger partial charge is 0.280 e. The fourth-order valence-electron chi connectivity index (χ4n) is 3.16. The zero-order valence-electron chi connectivity index (χ0n) is 13.9. The van der Waals surface area contributed by atoms with E-state index in [0.717, 1.165) is 17.1 Å². The molecule has 7 nitrogen and oxygen atoms in total. The van der Waals surface area contributed by atoms with E-state index in [2.05, 4.69) is 10.0 Å². The molecule has 3 rings (SSSR count). The predicted octanol–water partition coefficient (Wildman–Crippen LogP) is 0.701. The molecule has 9 heteroatoms. The summed E-state index contributed by atoms with van der Waals surface area (Å²) in [5.41, 5.74) is 0.620. The van der Waals surface area contributed by atoms with Gasteiger partial charge in [-0.15, -0.1) is 0 Å². The van der Waals surface area contributed by atoms with Gasteiger partial charge < -0.3 is 10.1 Å². The summed E-state index contributed by atoms with van der Waals surface area (Å²) < 4.78 is 46.8. The maximum atomic E-state index is 13.1. The Balaban J connectivity index is 1.72. The molecular weight excluding hydrogens is 349 g/mol. The first-order valence-electron chi connectivity index (χ1n) is 8.27. The fraction of sp³-hybridized carbons (Fsp3) is 0.562. The average Bonchev–Trinajstić information content (AvgIpc) is 3.09. The largest absolute Gasteiger partial charge is 0.376 e. The molecule has 0 saturated carbocycles. The fourth-order valence-corrected chi connectivity index (χ4v) is 4.43. The van der Waals surface area contributed by atoms with Crippen LogP contribution in [0.4, 0.5) is 4.39 Å². The van der Waals surface area contributed by atoms with Crippen molar-refractivity contribution in [1.29, 1.82) is 0 Å². The first-order chi connectivity index (χ1) is 11.9. The number of rotatable bonds is 4. The van der Waals surface area contributed by atoms with Gasteiger partial charge in [0.2, 0.25) is 5.91 Å². The molecule has 2 heterocycles. The van der Waals surface area contributed by atoms with Crippen LogP contribution in [-0.4, -0.2) is 51.0 Å². The maximum absolute atomic E-state index is 13.1. The lowest BCUT2D eigenvalue weighted by Gasteiger charge is -2.36. The van der Waals surface area contributed by atoms with Gasteiger partial charge in [0, 0.05) is 26.2 Å². The van der Waals surface area contributed by atoms with Gasteiger partial charge in [-0.2, -0.15) is 17.4 Å². The number of benzene rings is 1. The Labute approximate surface area is 146 Å². The van der Waals surface area contributed by atoms with Crippen molar-refractivity contribution in [1.82, 2.24) is 14.3 Å². The van der Waals surface area contributed by atoms with Gasteiger partial charge in [0.05, 0.1) is 6.10 Å². The Morgan fingerprint density at radius 1 is 1.40 bits per heavy atom. The molecule has 138 valence electrons. The van der Waals surface area contributed by atoms with Crippen LogP contribution in [-0.2, 0) is 19.7 Å².